The molecule has 246 valence electrons. The van der Waals surface area contributed by atoms with Gasteiger partial charge in [0.25, 0.3) is 0 Å². The summed E-state index contributed by atoms with van der Waals surface area (Å²) in [7, 11) is 0. The lowest BCUT2D eigenvalue weighted by molar-refractivity contribution is -0.247. The molecule has 0 aromatic carbocycles. The summed E-state index contributed by atoms with van der Waals surface area (Å²) in [6.07, 6.45) is 14.0. The number of rotatable bonds is 15. The number of allylic oxidation sites excluding steroid dienone is 2. The first kappa shape index (κ1) is 32.7. The first-order chi connectivity index (χ1) is 21.2. The normalized spacial score (nSPS) is 32.1. The maximum Gasteiger partial charge on any atom is 0.330 e. The Morgan fingerprint density at radius 2 is 1.71 bits per heavy atom. The number of nitrogens with zero attached hydrogens (tertiary/aromatic N) is 3. The highest BCUT2D eigenvalue weighted by atomic mass is 16.5. The molecule has 3 unspecified atom stereocenters. The van der Waals surface area contributed by atoms with Gasteiger partial charge in [-0.2, -0.15) is 5.10 Å². The average Bonchev–Trinajstić information content (AvgIpc) is 3.26. The first-order valence-electron chi connectivity index (χ1n) is 15.6. The Bertz CT molecular complexity index is 1380. The zero-order valence-corrected chi connectivity index (χ0v) is 26.3. The number of carboxylic acids is 3. The highest BCUT2D eigenvalue weighted by molar-refractivity contribution is 5.86. The topological polar surface area (TPSA) is 183 Å². The van der Waals surface area contributed by atoms with Crippen LogP contribution in [-0.4, -0.2) is 86.3 Å². The van der Waals surface area contributed by atoms with Crippen LogP contribution in [-0.2, 0) is 30.5 Å². The highest BCUT2D eigenvalue weighted by Gasteiger charge is 2.66. The van der Waals surface area contributed by atoms with Crippen molar-refractivity contribution >= 4 is 29.5 Å². The second-order valence-electron chi connectivity index (χ2n) is 14.4. The van der Waals surface area contributed by atoms with Crippen LogP contribution in [0.2, 0.25) is 0 Å². The number of carbonyl (C=O) groups is 4. The molecule has 1 aliphatic heterocycles. The minimum absolute atomic E-state index is 0.0112. The predicted molar refractivity (Wildman–Crippen MR) is 163 cm³/mol. The molecule has 2 heterocycles. The molecule has 4 bridgehead atoms. The number of carbonyl (C=O) groups excluding carboxylic acids is 1. The molecule has 1 aromatic heterocycles. The molecule has 4 aliphatic carbocycles. The molecule has 0 radical (unpaired) electrons. The Kier molecular flexibility index (Phi) is 8.89. The number of hydrogen-bond acceptors (Lipinski definition) is 8. The van der Waals surface area contributed by atoms with Gasteiger partial charge in [0, 0.05) is 25.8 Å². The van der Waals surface area contributed by atoms with Gasteiger partial charge in [0.15, 0.2) is 0 Å². The van der Waals surface area contributed by atoms with E-state index >= 15 is 0 Å². The molecule has 5 aliphatic rings. The molecule has 13 nitrogen and oxygen atoms in total. The van der Waals surface area contributed by atoms with Gasteiger partial charge in [-0.15, -0.1) is 0 Å². The molecule has 4 fully saturated rings. The van der Waals surface area contributed by atoms with Gasteiger partial charge in [0.2, 0.25) is 5.91 Å². The Balaban J connectivity index is 1.26. The Hall–Kier alpha value is -3.71. The second kappa shape index (κ2) is 12.2. The summed E-state index contributed by atoms with van der Waals surface area (Å²) >= 11 is 0. The van der Waals surface area contributed by atoms with E-state index in [1.807, 2.05) is 17.7 Å². The Morgan fingerprint density at radius 1 is 1.00 bits per heavy atom. The lowest BCUT2D eigenvalue weighted by Crippen LogP contribution is -2.64. The van der Waals surface area contributed by atoms with Crippen LogP contribution < -0.4 is 15.5 Å². The third-order valence-corrected chi connectivity index (χ3v) is 9.93. The molecule has 0 spiro atoms. The molecular formula is C32H45N5O8. The molecule has 0 saturated heterocycles. The van der Waals surface area contributed by atoms with Crippen molar-refractivity contribution in [2.45, 2.75) is 96.4 Å². The second-order valence-corrected chi connectivity index (χ2v) is 14.4. The molecule has 1 amide bonds. The van der Waals surface area contributed by atoms with Gasteiger partial charge >= 0.3 is 17.9 Å². The fourth-order valence-corrected chi connectivity index (χ4v) is 9.60. The monoisotopic (exact) mass is 627 g/mol. The van der Waals surface area contributed by atoms with Crippen LogP contribution in [0.1, 0.15) is 70.9 Å². The Labute approximate surface area is 262 Å². The number of anilines is 1. The van der Waals surface area contributed by atoms with Gasteiger partial charge in [-0.3, -0.25) is 19.1 Å². The van der Waals surface area contributed by atoms with Gasteiger partial charge < -0.3 is 35.6 Å². The van der Waals surface area contributed by atoms with Crippen molar-refractivity contribution in [2.75, 3.05) is 24.6 Å². The summed E-state index contributed by atoms with van der Waals surface area (Å²) < 4.78 is 8.70. The molecule has 45 heavy (non-hydrogen) atoms. The molecule has 6 rings (SSSR count). The van der Waals surface area contributed by atoms with E-state index in [1.165, 1.54) is 0 Å². The van der Waals surface area contributed by atoms with Gasteiger partial charge in [-0.05, 0) is 67.8 Å². The number of hydrogen-bond donors (Lipinski definition) is 5. The number of amides is 1. The molecule has 4 atom stereocenters. The summed E-state index contributed by atoms with van der Waals surface area (Å²) in [5.41, 5.74) is 1.45. The first-order valence-corrected chi connectivity index (χ1v) is 15.6. The number of carboxylic acid groups (broad SMARTS) is 3. The SMILES string of the molecule is Cc1c(N2C=CC=CC2C(=O)O)cnn1CC12CC3(C)CC(C)(C1)CC(OCCNC(=O)[C@H](CC(=O)O)NCCC(=O)O)(C3)C2. The standard InChI is InChI=1S/C32H45N5O8/c1-21-24(36-10-5-4-6-23(36)28(43)44)13-35-37(21)20-31-15-29(2)14-30(3,16-31)18-32(17-29,19-31)45-11-9-34-27(42)22(12-26(40)41)33-8-7-25(38)39/h4-6,10,13,22-23,33H,7-9,11-12,14-20H2,1-3H3,(H,34,42)(H,38,39)(H,40,41)(H,43,44)/t22-,23?,29?,30?,31?,32?/m0/s1. The van der Waals surface area contributed by atoms with Crippen molar-refractivity contribution in [3.05, 3.63) is 36.3 Å². The lowest BCUT2D eigenvalue weighted by atomic mass is 9.39. The fourth-order valence-electron chi connectivity index (χ4n) is 9.60. The van der Waals surface area contributed by atoms with Crippen LogP contribution >= 0.6 is 0 Å². The lowest BCUT2D eigenvalue weighted by Gasteiger charge is -2.69. The van der Waals surface area contributed by atoms with Gasteiger partial charge in [0.05, 0.1) is 48.7 Å². The van der Waals surface area contributed by atoms with Crippen molar-refractivity contribution in [2.24, 2.45) is 16.2 Å². The van der Waals surface area contributed by atoms with Crippen molar-refractivity contribution in [3.63, 3.8) is 0 Å². The van der Waals surface area contributed by atoms with Crippen molar-refractivity contribution in [3.8, 4) is 0 Å². The van der Waals surface area contributed by atoms with E-state index < -0.39 is 42.3 Å². The van der Waals surface area contributed by atoms with E-state index in [0.29, 0.717) is 6.54 Å². The van der Waals surface area contributed by atoms with Gasteiger partial charge in [0.1, 0.15) is 6.04 Å². The van der Waals surface area contributed by atoms with Crippen molar-refractivity contribution < 1.29 is 39.2 Å². The van der Waals surface area contributed by atoms with E-state index in [9.17, 15) is 29.4 Å². The van der Waals surface area contributed by atoms with Crippen LogP contribution in [0.25, 0.3) is 0 Å². The minimum Gasteiger partial charge on any atom is -0.481 e. The quantitative estimate of drug-likeness (QED) is 0.180. The summed E-state index contributed by atoms with van der Waals surface area (Å²) in [6.45, 7) is 7.86. The Morgan fingerprint density at radius 3 is 2.36 bits per heavy atom. The zero-order chi connectivity index (χ0) is 32.6. The number of ether oxygens (including phenoxy) is 1. The van der Waals surface area contributed by atoms with Crippen molar-refractivity contribution in [1.82, 2.24) is 20.4 Å². The average molecular weight is 628 g/mol. The van der Waals surface area contributed by atoms with E-state index in [1.54, 1.807) is 29.4 Å². The van der Waals surface area contributed by atoms with Crippen LogP contribution in [0.3, 0.4) is 0 Å². The molecular weight excluding hydrogens is 582 g/mol. The molecule has 4 saturated carbocycles. The largest absolute Gasteiger partial charge is 0.481 e. The zero-order valence-electron chi connectivity index (χ0n) is 26.3. The summed E-state index contributed by atoms with van der Waals surface area (Å²) in [6, 6.07) is -1.83. The predicted octanol–water partition coefficient (Wildman–Crippen LogP) is 2.69. The number of nitrogens with one attached hydrogen (secondary N) is 2. The third-order valence-electron chi connectivity index (χ3n) is 9.93. The van der Waals surface area contributed by atoms with Crippen LogP contribution in [0.4, 0.5) is 5.69 Å². The molecule has 5 N–H and O–H groups in total. The van der Waals surface area contributed by atoms with Crippen LogP contribution in [0.15, 0.2) is 30.6 Å². The number of aromatic nitrogens is 2. The molecule has 1 aromatic rings. The summed E-state index contributed by atoms with van der Waals surface area (Å²) in [5, 5.41) is 38.1. The molecule has 13 heteroatoms. The van der Waals surface area contributed by atoms with Crippen molar-refractivity contribution in [1.29, 1.82) is 0 Å². The smallest absolute Gasteiger partial charge is 0.330 e. The van der Waals surface area contributed by atoms with Crippen LogP contribution in [0, 0.1) is 23.2 Å². The maximum absolute atomic E-state index is 12.7. The van der Waals surface area contributed by atoms with Gasteiger partial charge in [-0.25, -0.2) is 4.79 Å². The van der Waals surface area contributed by atoms with E-state index in [-0.39, 0.29) is 48.0 Å². The summed E-state index contributed by atoms with van der Waals surface area (Å²) in [5.74, 6) is -3.61. The van der Waals surface area contributed by atoms with E-state index in [4.69, 9.17) is 14.9 Å². The fraction of sp³-hybridized carbons (Fsp3) is 0.656. The minimum atomic E-state index is -1.15. The maximum atomic E-state index is 12.7. The third kappa shape index (κ3) is 7.09. The van der Waals surface area contributed by atoms with E-state index in [2.05, 4.69) is 24.5 Å². The van der Waals surface area contributed by atoms with E-state index in [0.717, 1.165) is 49.9 Å². The number of aliphatic carboxylic acids is 3. The van der Waals surface area contributed by atoms with Gasteiger partial charge in [-0.1, -0.05) is 26.0 Å². The highest BCUT2D eigenvalue weighted by Crippen LogP contribution is 2.72. The van der Waals surface area contributed by atoms with Crippen LogP contribution in [0.5, 0.6) is 0 Å². The summed E-state index contributed by atoms with van der Waals surface area (Å²) in [4.78, 5) is 48.5.